The average molecular weight is 236 g/mol. The number of amides is 1. The van der Waals surface area contributed by atoms with E-state index in [1.54, 1.807) is 11.9 Å². The van der Waals surface area contributed by atoms with E-state index in [4.69, 9.17) is 17.1 Å². The molecule has 0 radical (unpaired) electrons. The third kappa shape index (κ3) is 2.30. The highest BCUT2D eigenvalue weighted by molar-refractivity contribution is 7.80. The molecule has 4 nitrogen and oxygen atoms in total. The molecule has 5 heteroatoms. The van der Waals surface area contributed by atoms with Gasteiger partial charge >= 0.3 is 0 Å². The summed E-state index contributed by atoms with van der Waals surface area (Å²) >= 11 is 5.07. The molecule has 1 fully saturated rings. The largest absolute Gasteiger partial charge is 0.346 e. The van der Waals surface area contributed by atoms with Gasteiger partial charge in [-0.2, -0.15) is 5.06 Å². The summed E-state index contributed by atoms with van der Waals surface area (Å²) in [5.41, 5.74) is 1.10. The van der Waals surface area contributed by atoms with Crippen LogP contribution in [0, 0.1) is 0 Å². The van der Waals surface area contributed by atoms with Crippen molar-refractivity contribution in [1.82, 2.24) is 9.96 Å². The molecular weight excluding hydrogens is 224 g/mol. The molecule has 0 aromatic heterocycles. The minimum absolute atomic E-state index is 0.0930. The van der Waals surface area contributed by atoms with E-state index in [9.17, 15) is 4.79 Å². The van der Waals surface area contributed by atoms with E-state index in [1.807, 2.05) is 30.3 Å². The van der Waals surface area contributed by atoms with Crippen LogP contribution in [0.5, 0.6) is 0 Å². The highest BCUT2D eigenvalue weighted by Gasteiger charge is 2.26. The number of hydroxylamine groups is 2. The molecule has 2 rings (SSSR count). The smallest absolute Gasteiger partial charge is 0.290 e. The van der Waals surface area contributed by atoms with Crippen LogP contribution in [0.1, 0.15) is 5.56 Å². The topological polar surface area (TPSA) is 32.8 Å². The van der Waals surface area contributed by atoms with Crippen molar-refractivity contribution in [2.24, 2.45) is 0 Å². The van der Waals surface area contributed by atoms with Crippen molar-refractivity contribution in [2.75, 3.05) is 13.6 Å². The summed E-state index contributed by atoms with van der Waals surface area (Å²) in [6.45, 7) is 0.865. The third-order valence-electron chi connectivity index (χ3n) is 2.37. The highest BCUT2D eigenvalue weighted by Crippen LogP contribution is 2.11. The molecule has 1 aromatic carbocycles. The van der Waals surface area contributed by atoms with Crippen LogP contribution in [0.25, 0.3) is 0 Å². The second kappa shape index (κ2) is 4.49. The Bertz CT molecular complexity index is 408. The summed E-state index contributed by atoms with van der Waals surface area (Å²) in [5.74, 6) is -0.0930. The van der Waals surface area contributed by atoms with E-state index in [0.29, 0.717) is 11.7 Å². The first-order chi connectivity index (χ1) is 7.66. The lowest BCUT2D eigenvalue weighted by molar-refractivity contribution is -0.164. The zero-order valence-electron chi connectivity index (χ0n) is 8.92. The molecule has 0 unspecified atom stereocenters. The Morgan fingerprint density at radius 3 is 2.75 bits per heavy atom. The summed E-state index contributed by atoms with van der Waals surface area (Å²) in [6, 6.07) is 9.85. The first-order valence-electron chi connectivity index (χ1n) is 4.94. The lowest BCUT2D eigenvalue weighted by atomic mass is 10.2. The molecule has 1 heterocycles. The number of hydrogen-bond donors (Lipinski definition) is 0. The zero-order valence-corrected chi connectivity index (χ0v) is 9.74. The SMILES string of the molecule is CN1OC(=S)N(Cc2ccccc2)CC1=O. The van der Waals surface area contributed by atoms with E-state index in [2.05, 4.69) is 0 Å². The monoisotopic (exact) mass is 236 g/mol. The number of rotatable bonds is 2. The number of nitrogens with zero attached hydrogens (tertiary/aromatic N) is 2. The van der Waals surface area contributed by atoms with Gasteiger partial charge < -0.3 is 9.74 Å². The van der Waals surface area contributed by atoms with Crippen LogP contribution in [0.15, 0.2) is 30.3 Å². The van der Waals surface area contributed by atoms with Crippen LogP contribution in [-0.2, 0) is 16.2 Å². The van der Waals surface area contributed by atoms with E-state index >= 15 is 0 Å². The van der Waals surface area contributed by atoms with Crippen LogP contribution >= 0.6 is 12.2 Å². The van der Waals surface area contributed by atoms with Gasteiger partial charge in [0.25, 0.3) is 11.1 Å². The van der Waals surface area contributed by atoms with E-state index in [-0.39, 0.29) is 12.5 Å². The van der Waals surface area contributed by atoms with Crippen molar-refractivity contribution >= 4 is 23.3 Å². The zero-order chi connectivity index (χ0) is 11.5. The summed E-state index contributed by atoms with van der Waals surface area (Å²) in [4.78, 5) is 18.3. The first-order valence-corrected chi connectivity index (χ1v) is 5.35. The van der Waals surface area contributed by atoms with E-state index in [1.165, 1.54) is 5.06 Å². The van der Waals surface area contributed by atoms with Crippen LogP contribution < -0.4 is 0 Å². The van der Waals surface area contributed by atoms with Crippen molar-refractivity contribution in [3.63, 3.8) is 0 Å². The quantitative estimate of drug-likeness (QED) is 0.722. The fourth-order valence-electron chi connectivity index (χ4n) is 1.48. The Balaban J connectivity index is 2.05. The molecule has 84 valence electrons. The van der Waals surface area contributed by atoms with Gasteiger partial charge in [-0.1, -0.05) is 30.3 Å². The molecule has 0 N–H and O–H groups in total. The Morgan fingerprint density at radius 1 is 1.38 bits per heavy atom. The van der Waals surface area contributed by atoms with Gasteiger partial charge in [-0.3, -0.25) is 4.79 Å². The van der Waals surface area contributed by atoms with Crippen molar-refractivity contribution in [3.8, 4) is 0 Å². The Morgan fingerprint density at radius 2 is 2.06 bits per heavy atom. The van der Waals surface area contributed by atoms with E-state index < -0.39 is 0 Å². The molecule has 0 bridgehead atoms. The van der Waals surface area contributed by atoms with Gasteiger partial charge in [0.05, 0.1) is 0 Å². The summed E-state index contributed by atoms with van der Waals surface area (Å²) in [6.07, 6.45) is 0. The number of carbonyl (C=O) groups excluding carboxylic acids is 1. The fraction of sp³-hybridized carbons (Fsp3) is 0.273. The predicted octanol–water partition coefficient (Wildman–Crippen LogP) is 1.18. The minimum atomic E-state index is -0.0930. The molecule has 16 heavy (non-hydrogen) atoms. The van der Waals surface area contributed by atoms with Gasteiger partial charge in [-0.25, -0.2) is 0 Å². The normalized spacial score (nSPS) is 16.3. The maximum Gasteiger partial charge on any atom is 0.290 e. The van der Waals surface area contributed by atoms with Crippen LogP contribution in [0.2, 0.25) is 0 Å². The van der Waals surface area contributed by atoms with Crippen molar-refractivity contribution < 1.29 is 9.63 Å². The molecule has 1 aliphatic heterocycles. The molecule has 1 aliphatic rings. The maximum absolute atomic E-state index is 11.4. The molecule has 0 saturated carbocycles. The average Bonchev–Trinajstić information content (AvgIpc) is 2.27. The van der Waals surface area contributed by atoms with E-state index in [0.717, 1.165) is 5.56 Å². The second-order valence-electron chi connectivity index (χ2n) is 3.59. The molecule has 0 aliphatic carbocycles. The van der Waals surface area contributed by atoms with Gasteiger partial charge in [0.1, 0.15) is 6.54 Å². The van der Waals surface area contributed by atoms with Crippen LogP contribution in [0.3, 0.4) is 0 Å². The number of likely N-dealkylation sites (N-methyl/N-ethyl adjacent to an activating group) is 1. The molecule has 0 spiro atoms. The predicted molar refractivity (Wildman–Crippen MR) is 63.3 cm³/mol. The van der Waals surface area contributed by atoms with Crippen molar-refractivity contribution in [2.45, 2.75) is 6.54 Å². The molecular formula is C11H12N2O2S. The van der Waals surface area contributed by atoms with Gasteiger partial charge in [-0.05, 0) is 17.8 Å². The summed E-state index contributed by atoms with van der Waals surface area (Å²) in [5, 5.41) is 1.51. The number of carbonyl (C=O) groups is 1. The van der Waals surface area contributed by atoms with Gasteiger partial charge in [0.2, 0.25) is 0 Å². The number of thiocarbonyl (C=S) groups is 1. The standard InChI is InChI=1S/C11H12N2O2S/c1-12-10(14)8-13(11(16)15-12)7-9-5-3-2-4-6-9/h2-6H,7-8H2,1H3. The summed E-state index contributed by atoms with van der Waals surface area (Å²) < 4.78 is 0. The molecule has 1 amide bonds. The van der Waals surface area contributed by atoms with Gasteiger partial charge in [0, 0.05) is 13.6 Å². The lowest BCUT2D eigenvalue weighted by Crippen LogP contribution is -2.49. The molecule has 1 aromatic rings. The minimum Gasteiger partial charge on any atom is -0.346 e. The highest BCUT2D eigenvalue weighted by atomic mass is 32.1. The van der Waals surface area contributed by atoms with Gasteiger partial charge in [-0.15, -0.1) is 0 Å². The Labute approximate surface area is 99.4 Å². The molecule has 0 atom stereocenters. The van der Waals surface area contributed by atoms with Crippen molar-refractivity contribution in [3.05, 3.63) is 35.9 Å². The second-order valence-corrected chi connectivity index (χ2v) is 3.94. The fourth-order valence-corrected chi connectivity index (χ4v) is 1.72. The van der Waals surface area contributed by atoms with Crippen LogP contribution in [0.4, 0.5) is 0 Å². The third-order valence-corrected chi connectivity index (χ3v) is 2.70. The van der Waals surface area contributed by atoms with Crippen LogP contribution in [-0.4, -0.2) is 34.6 Å². The van der Waals surface area contributed by atoms with Crippen molar-refractivity contribution in [1.29, 1.82) is 0 Å². The summed E-state index contributed by atoms with van der Waals surface area (Å²) in [7, 11) is 1.56. The lowest BCUT2D eigenvalue weighted by Gasteiger charge is -2.32. The maximum atomic E-state index is 11.4. The first kappa shape index (κ1) is 10.9. The Kier molecular flexibility index (Phi) is 3.05. The van der Waals surface area contributed by atoms with Gasteiger partial charge in [0.15, 0.2) is 0 Å². The molecule has 1 saturated heterocycles. The Hall–Kier alpha value is -1.62. The number of benzene rings is 1. The number of hydrogen-bond acceptors (Lipinski definition) is 3.